The molecular formula is C24H44O. The Hall–Kier alpha value is -0.590. The Kier molecular flexibility index (Phi) is 11.4. The number of allylic oxidation sites excluding steroid dienone is 2. The van der Waals surface area contributed by atoms with Crippen molar-refractivity contribution in [1.29, 1.82) is 0 Å². The van der Waals surface area contributed by atoms with E-state index in [0.717, 1.165) is 12.8 Å². The molecule has 0 spiro atoms. The van der Waals surface area contributed by atoms with Crippen LogP contribution in [0.25, 0.3) is 0 Å². The summed E-state index contributed by atoms with van der Waals surface area (Å²) in [6.45, 7) is 9.17. The topological polar surface area (TPSA) is 17.1 Å². The van der Waals surface area contributed by atoms with Crippen LogP contribution in [0.2, 0.25) is 0 Å². The van der Waals surface area contributed by atoms with Crippen molar-refractivity contribution in [3.8, 4) is 0 Å². The molecule has 0 saturated carbocycles. The summed E-state index contributed by atoms with van der Waals surface area (Å²) >= 11 is 0. The van der Waals surface area contributed by atoms with Gasteiger partial charge in [-0.05, 0) is 49.5 Å². The van der Waals surface area contributed by atoms with Crippen LogP contribution in [0, 0.1) is 5.41 Å². The molecule has 0 amide bonds. The Bertz CT molecular complexity index is 406. The molecule has 146 valence electrons. The van der Waals surface area contributed by atoms with E-state index in [1.54, 1.807) is 5.57 Å². The van der Waals surface area contributed by atoms with Gasteiger partial charge in [-0.25, -0.2) is 0 Å². The Morgan fingerprint density at radius 3 is 1.92 bits per heavy atom. The Morgan fingerprint density at radius 1 is 0.720 bits per heavy atom. The molecule has 0 bridgehead atoms. The van der Waals surface area contributed by atoms with Gasteiger partial charge in [-0.3, -0.25) is 4.79 Å². The third-order valence-electron chi connectivity index (χ3n) is 5.99. The molecule has 1 aliphatic carbocycles. The van der Waals surface area contributed by atoms with E-state index < -0.39 is 0 Å². The third-order valence-corrected chi connectivity index (χ3v) is 5.99. The number of carbonyl (C=O) groups excluding carboxylic acids is 1. The number of Topliss-reactive ketones (excluding diaryl/α,β-unsaturated/α-hetero) is 1. The first kappa shape index (κ1) is 22.5. The van der Waals surface area contributed by atoms with Gasteiger partial charge in [0, 0.05) is 6.42 Å². The van der Waals surface area contributed by atoms with Gasteiger partial charge in [0.25, 0.3) is 0 Å². The fraction of sp³-hybridized carbons (Fsp3) is 0.875. The lowest BCUT2D eigenvalue weighted by molar-refractivity contribution is -0.118. The fourth-order valence-electron chi connectivity index (χ4n) is 4.40. The number of hydrogen-bond acceptors (Lipinski definition) is 1. The third kappa shape index (κ3) is 8.56. The van der Waals surface area contributed by atoms with E-state index in [-0.39, 0.29) is 5.41 Å². The van der Waals surface area contributed by atoms with Crippen LogP contribution in [0.15, 0.2) is 11.1 Å². The van der Waals surface area contributed by atoms with Crippen molar-refractivity contribution in [3.05, 3.63) is 11.1 Å². The molecule has 0 radical (unpaired) electrons. The maximum atomic E-state index is 12.9. The second kappa shape index (κ2) is 12.7. The molecule has 1 rings (SSSR count). The normalized spacial score (nSPS) is 21.2. The lowest BCUT2D eigenvalue weighted by atomic mass is 9.68. The van der Waals surface area contributed by atoms with Crippen molar-refractivity contribution in [2.45, 2.75) is 130 Å². The molecule has 0 aliphatic heterocycles. The minimum atomic E-state index is 0.235. The lowest BCUT2D eigenvalue weighted by Gasteiger charge is -2.36. The Morgan fingerprint density at radius 2 is 1.28 bits per heavy atom. The Labute approximate surface area is 158 Å². The van der Waals surface area contributed by atoms with Crippen LogP contribution in [0.1, 0.15) is 130 Å². The molecule has 0 aromatic carbocycles. The van der Waals surface area contributed by atoms with E-state index in [2.05, 4.69) is 27.7 Å². The summed E-state index contributed by atoms with van der Waals surface area (Å²) in [6.07, 6.45) is 19.6. The molecule has 1 nitrogen and oxygen atoms in total. The van der Waals surface area contributed by atoms with Crippen molar-refractivity contribution in [1.82, 2.24) is 0 Å². The van der Waals surface area contributed by atoms with Gasteiger partial charge in [0.05, 0.1) is 0 Å². The number of unbranched alkanes of at least 4 members (excludes halogenated alkanes) is 8. The quantitative estimate of drug-likeness (QED) is 0.289. The zero-order valence-electron chi connectivity index (χ0n) is 17.7. The van der Waals surface area contributed by atoms with Crippen LogP contribution in [-0.4, -0.2) is 5.78 Å². The van der Waals surface area contributed by atoms with E-state index in [9.17, 15) is 4.79 Å². The minimum Gasteiger partial charge on any atom is -0.295 e. The highest BCUT2D eigenvalue weighted by Crippen LogP contribution is 2.44. The zero-order chi connectivity index (χ0) is 18.5. The molecule has 0 N–H and O–H groups in total. The number of ketones is 1. The lowest BCUT2D eigenvalue weighted by Crippen LogP contribution is -2.28. The first-order valence-corrected chi connectivity index (χ1v) is 11.3. The van der Waals surface area contributed by atoms with Gasteiger partial charge in [-0.15, -0.1) is 0 Å². The van der Waals surface area contributed by atoms with Crippen molar-refractivity contribution in [3.63, 3.8) is 0 Å². The van der Waals surface area contributed by atoms with Gasteiger partial charge >= 0.3 is 0 Å². The molecule has 25 heavy (non-hydrogen) atoms. The van der Waals surface area contributed by atoms with Gasteiger partial charge in [0.15, 0.2) is 5.78 Å². The average Bonchev–Trinajstić information content (AvgIpc) is 2.58. The average molecular weight is 349 g/mol. The summed E-state index contributed by atoms with van der Waals surface area (Å²) in [5.41, 5.74) is 3.02. The fourth-order valence-corrected chi connectivity index (χ4v) is 4.40. The molecule has 1 heteroatoms. The maximum absolute atomic E-state index is 12.9. The summed E-state index contributed by atoms with van der Waals surface area (Å²) in [7, 11) is 0. The van der Waals surface area contributed by atoms with Crippen molar-refractivity contribution < 1.29 is 4.79 Å². The first-order valence-electron chi connectivity index (χ1n) is 11.3. The smallest absolute Gasteiger partial charge is 0.159 e. The van der Waals surface area contributed by atoms with Gasteiger partial charge in [-0.2, -0.15) is 0 Å². The summed E-state index contributed by atoms with van der Waals surface area (Å²) in [5.74, 6) is 0.492. The standard InChI is InChI=1S/C24H44O/c1-5-8-11-14-16-21-19-24(4,18-15-12-9-6-2)20-23(25)22(21)17-13-10-7-3/h5-20H2,1-4H3. The van der Waals surface area contributed by atoms with E-state index in [1.165, 1.54) is 95.5 Å². The van der Waals surface area contributed by atoms with E-state index in [4.69, 9.17) is 0 Å². The minimum absolute atomic E-state index is 0.235. The highest BCUT2D eigenvalue weighted by atomic mass is 16.1. The highest BCUT2D eigenvalue weighted by molar-refractivity contribution is 5.97. The summed E-state index contributed by atoms with van der Waals surface area (Å²) in [5, 5.41) is 0. The molecule has 1 aliphatic rings. The van der Waals surface area contributed by atoms with Crippen LogP contribution in [0.4, 0.5) is 0 Å². The van der Waals surface area contributed by atoms with E-state index in [1.807, 2.05) is 0 Å². The summed E-state index contributed by atoms with van der Waals surface area (Å²) < 4.78 is 0. The van der Waals surface area contributed by atoms with Gasteiger partial charge in [-0.1, -0.05) is 91.1 Å². The van der Waals surface area contributed by atoms with Crippen LogP contribution in [-0.2, 0) is 4.79 Å². The zero-order valence-corrected chi connectivity index (χ0v) is 17.7. The van der Waals surface area contributed by atoms with Gasteiger partial charge in [0.1, 0.15) is 0 Å². The predicted octanol–water partition coefficient (Wildman–Crippen LogP) is 8.17. The SMILES string of the molecule is CCCCCCC1=C(CCCCC)C(=O)CC(C)(CCCCCC)C1. The van der Waals surface area contributed by atoms with Gasteiger partial charge < -0.3 is 0 Å². The van der Waals surface area contributed by atoms with E-state index >= 15 is 0 Å². The number of hydrogen-bond donors (Lipinski definition) is 0. The first-order chi connectivity index (χ1) is 12.1. The van der Waals surface area contributed by atoms with Crippen molar-refractivity contribution in [2.24, 2.45) is 5.41 Å². The number of carbonyl (C=O) groups is 1. The van der Waals surface area contributed by atoms with Crippen molar-refractivity contribution >= 4 is 5.78 Å². The summed E-state index contributed by atoms with van der Waals surface area (Å²) in [6, 6.07) is 0. The Balaban J connectivity index is 2.72. The predicted molar refractivity (Wildman–Crippen MR) is 111 cm³/mol. The summed E-state index contributed by atoms with van der Waals surface area (Å²) in [4.78, 5) is 12.9. The second-order valence-corrected chi connectivity index (χ2v) is 8.75. The highest BCUT2D eigenvalue weighted by Gasteiger charge is 2.35. The largest absolute Gasteiger partial charge is 0.295 e. The van der Waals surface area contributed by atoms with E-state index in [0.29, 0.717) is 5.78 Å². The molecule has 0 saturated heterocycles. The molecule has 1 atom stereocenters. The molecule has 0 aromatic rings. The molecule has 0 aromatic heterocycles. The van der Waals surface area contributed by atoms with Crippen molar-refractivity contribution in [2.75, 3.05) is 0 Å². The molecule has 0 fully saturated rings. The van der Waals surface area contributed by atoms with Crippen LogP contribution < -0.4 is 0 Å². The maximum Gasteiger partial charge on any atom is 0.159 e. The van der Waals surface area contributed by atoms with Crippen LogP contribution in [0.3, 0.4) is 0 Å². The van der Waals surface area contributed by atoms with Crippen LogP contribution in [0.5, 0.6) is 0 Å². The molecule has 0 heterocycles. The molecule has 1 unspecified atom stereocenters. The monoisotopic (exact) mass is 348 g/mol. The molecular weight excluding hydrogens is 304 g/mol. The van der Waals surface area contributed by atoms with Crippen LogP contribution >= 0.6 is 0 Å². The number of rotatable bonds is 14. The second-order valence-electron chi connectivity index (χ2n) is 8.75. The van der Waals surface area contributed by atoms with Gasteiger partial charge in [0.2, 0.25) is 0 Å².